The molecule has 0 aliphatic heterocycles. The minimum atomic E-state index is -3.81. The van der Waals surface area contributed by atoms with Crippen LogP contribution >= 0.6 is 0 Å². The molecule has 170 valence electrons. The van der Waals surface area contributed by atoms with Crippen molar-refractivity contribution in [3.63, 3.8) is 0 Å². The van der Waals surface area contributed by atoms with E-state index >= 15 is 0 Å². The van der Waals surface area contributed by atoms with Crippen molar-refractivity contribution in [1.82, 2.24) is 20.2 Å². The molecule has 10 heteroatoms. The number of ether oxygens (including phenoxy) is 2. The van der Waals surface area contributed by atoms with Gasteiger partial charge < -0.3 is 19.9 Å². The van der Waals surface area contributed by atoms with Crippen LogP contribution in [0.4, 0.5) is 8.78 Å². The number of hydrogen-bond donors (Lipinski definition) is 2. The third-order valence-electron chi connectivity index (χ3n) is 4.75. The summed E-state index contributed by atoms with van der Waals surface area (Å²) in [5, 5.41) is 5.89. The number of nitrogens with one attached hydrogen (secondary N) is 2. The highest BCUT2D eigenvalue weighted by Gasteiger charge is 2.32. The van der Waals surface area contributed by atoms with Gasteiger partial charge in [0.1, 0.15) is 11.3 Å². The molecular weight excluding hydrogens is 422 g/mol. The molecule has 0 aliphatic carbocycles. The van der Waals surface area contributed by atoms with Crippen molar-refractivity contribution in [3.05, 3.63) is 69.8 Å². The number of aromatic nitrogens is 2. The number of pyridine rings is 2. The number of hydrogen-bond acceptors (Lipinski definition) is 6. The number of carbonyl (C=O) groups excluding carboxylic acids is 1. The van der Waals surface area contributed by atoms with Gasteiger partial charge in [0, 0.05) is 43.5 Å². The number of halogens is 2. The first-order valence-electron chi connectivity index (χ1n) is 9.88. The SMILES string of the molecule is CNCCn1cc(C(=O)NCc2cccc(C)n2)c(=O)c2ccc(OC(F)(F)OC)cc21. The molecule has 0 fully saturated rings. The Bertz CT molecular complexity index is 1180. The topological polar surface area (TPSA) is 94.5 Å². The summed E-state index contributed by atoms with van der Waals surface area (Å²) in [5.74, 6) is -0.727. The quantitative estimate of drug-likeness (QED) is 0.491. The zero-order chi connectivity index (χ0) is 23.3. The Kier molecular flexibility index (Phi) is 7.16. The Morgan fingerprint density at radius 1 is 1.25 bits per heavy atom. The molecular formula is C22H24F2N4O4. The van der Waals surface area contributed by atoms with Crippen molar-refractivity contribution < 1.29 is 23.0 Å². The van der Waals surface area contributed by atoms with Crippen LogP contribution in [0.5, 0.6) is 5.75 Å². The van der Waals surface area contributed by atoms with Crippen molar-refractivity contribution in [3.8, 4) is 5.75 Å². The van der Waals surface area contributed by atoms with Crippen molar-refractivity contribution in [1.29, 1.82) is 0 Å². The first kappa shape index (κ1) is 23.3. The van der Waals surface area contributed by atoms with Crippen LogP contribution in [0.15, 0.2) is 47.4 Å². The van der Waals surface area contributed by atoms with Crippen LogP contribution in [0.3, 0.4) is 0 Å². The average Bonchev–Trinajstić information content (AvgIpc) is 2.77. The Balaban J connectivity index is 1.97. The summed E-state index contributed by atoms with van der Waals surface area (Å²) < 4.78 is 37.1. The zero-order valence-corrected chi connectivity index (χ0v) is 17.9. The van der Waals surface area contributed by atoms with Gasteiger partial charge in [0.2, 0.25) is 5.43 Å². The average molecular weight is 446 g/mol. The number of aryl methyl sites for hydroxylation is 1. The molecule has 1 amide bonds. The lowest BCUT2D eigenvalue weighted by Crippen LogP contribution is -2.30. The van der Waals surface area contributed by atoms with E-state index in [1.165, 1.54) is 24.4 Å². The summed E-state index contributed by atoms with van der Waals surface area (Å²) in [6.45, 7) is 2.91. The molecule has 0 radical (unpaired) electrons. The van der Waals surface area contributed by atoms with E-state index in [1.807, 2.05) is 19.1 Å². The highest BCUT2D eigenvalue weighted by molar-refractivity contribution is 5.97. The number of rotatable bonds is 9. The van der Waals surface area contributed by atoms with Gasteiger partial charge in [-0.05, 0) is 38.2 Å². The fourth-order valence-electron chi connectivity index (χ4n) is 3.16. The molecule has 8 nitrogen and oxygen atoms in total. The number of fused-ring (bicyclic) bond motifs is 1. The molecule has 0 bridgehead atoms. The number of methoxy groups -OCH3 is 1. The minimum Gasteiger partial charge on any atom is -0.409 e. The summed E-state index contributed by atoms with van der Waals surface area (Å²) in [6.07, 6.45) is -2.40. The van der Waals surface area contributed by atoms with Gasteiger partial charge in [0.25, 0.3) is 5.91 Å². The zero-order valence-electron chi connectivity index (χ0n) is 17.9. The van der Waals surface area contributed by atoms with Crippen molar-refractivity contribution in [2.45, 2.75) is 26.3 Å². The van der Waals surface area contributed by atoms with E-state index in [0.717, 1.165) is 12.8 Å². The Morgan fingerprint density at radius 3 is 2.72 bits per heavy atom. The molecule has 1 aromatic carbocycles. The highest BCUT2D eigenvalue weighted by atomic mass is 19.3. The molecule has 2 N–H and O–H groups in total. The largest absolute Gasteiger partial charge is 0.535 e. The molecule has 3 aromatic rings. The van der Waals surface area contributed by atoms with Gasteiger partial charge >= 0.3 is 6.29 Å². The van der Waals surface area contributed by atoms with Crippen LogP contribution in [0.25, 0.3) is 10.9 Å². The van der Waals surface area contributed by atoms with E-state index < -0.39 is 17.6 Å². The highest BCUT2D eigenvalue weighted by Crippen LogP contribution is 2.25. The monoisotopic (exact) mass is 446 g/mol. The van der Waals surface area contributed by atoms with Crippen molar-refractivity contribution in [2.24, 2.45) is 0 Å². The molecule has 0 aliphatic rings. The third-order valence-corrected chi connectivity index (χ3v) is 4.75. The number of amides is 1. The Morgan fingerprint density at radius 2 is 2.03 bits per heavy atom. The van der Waals surface area contributed by atoms with Crippen LogP contribution in [-0.2, 0) is 17.8 Å². The first-order valence-corrected chi connectivity index (χ1v) is 9.88. The van der Waals surface area contributed by atoms with Gasteiger partial charge in [-0.1, -0.05) is 6.07 Å². The van der Waals surface area contributed by atoms with Crippen LogP contribution in [0, 0.1) is 6.92 Å². The molecule has 3 rings (SSSR count). The van der Waals surface area contributed by atoms with E-state index in [0.29, 0.717) is 24.3 Å². The van der Waals surface area contributed by atoms with Crippen LogP contribution in [-0.4, -0.2) is 42.5 Å². The standard InChI is InChI=1S/C22H24F2N4O4/c1-14-5-4-6-15(27-14)12-26-21(30)18-13-28(10-9-25-2)19-11-16(32-22(23,24)31-3)7-8-17(19)20(18)29/h4-8,11,13,25H,9-10,12H2,1-3H3,(H,26,30). The minimum absolute atomic E-state index is 0.0582. The first-order chi connectivity index (χ1) is 15.2. The molecule has 2 heterocycles. The summed E-state index contributed by atoms with van der Waals surface area (Å²) in [4.78, 5) is 30.1. The summed E-state index contributed by atoms with van der Waals surface area (Å²) in [7, 11) is 2.57. The molecule has 0 saturated heterocycles. The smallest absolute Gasteiger partial charge is 0.409 e. The van der Waals surface area contributed by atoms with Crippen LogP contribution < -0.4 is 20.8 Å². The Hall–Kier alpha value is -3.37. The lowest BCUT2D eigenvalue weighted by atomic mass is 10.1. The molecule has 0 saturated carbocycles. The number of likely N-dealkylation sites (N-methyl/N-ethyl adjacent to an activating group) is 1. The van der Waals surface area contributed by atoms with Gasteiger partial charge in [-0.2, -0.15) is 0 Å². The van der Waals surface area contributed by atoms with Gasteiger partial charge in [-0.3, -0.25) is 19.3 Å². The lowest BCUT2D eigenvalue weighted by molar-refractivity contribution is -0.342. The van der Waals surface area contributed by atoms with E-state index in [-0.39, 0.29) is 23.2 Å². The van der Waals surface area contributed by atoms with Crippen molar-refractivity contribution in [2.75, 3.05) is 20.7 Å². The lowest BCUT2D eigenvalue weighted by Gasteiger charge is -2.17. The van der Waals surface area contributed by atoms with Gasteiger partial charge in [-0.25, -0.2) is 0 Å². The molecule has 2 aromatic heterocycles. The van der Waals surface area contributed by atoms with E-state index in [4.69, 9.17) is 0 Å². The van der Waals surface area contributed by atoms with Crippen LogP contribution in [0.1, 0.15) is 21.7 Å². The summed E-state index contributed by atoms with van der Waals surface area (Å²) >= 11 is 0. The van der Waals surface area contributed by atoms with Crippen molar-refractivity contribution >= 4 is 16.8 Å². The second-order valence-electron chi connectivity index (χ2n) is 7.07. The van der Waals surface area contributed by atoms with Gasteiger partial charge in [-0.15, -0.1) is 8.78 Å². The number of benzene rings is 1. The molecule has 32 heavy (non-hydrogen) atoms. The number of alkyl halides is 2. The molecule has 0 atom stereocenters. The fourth-order valence-corrected chi connectivity index (χ4v) is 3.16. The molecule has 0 unspecified atom stereocenters. The van der Waals surface area contributed by atoms with Crippen LogP contribution in [0.2, 0.25) is 0 Å². The summed E-state index contributed by atoms with van der Waals surface area (Å²) in [5.41, 5.74) is 1.26. The predicted molar refractivity (Wildman–Crippen MR) is 115 cm³/mol. The predicted octanol–water partition coefficient (Wildman–Crippen LogP) is 2.43. The van der Waals surface area contributed by atoms with E-state index in [1.54, 1.807) is 17.7 Å². The summed E-state index contributed by atoms with van der Waals surface area (Å²) in [6, 6.07) is 9.35. The van der Waals surface area contributed by atoms with E-state index in [2.05, 4.69) is 25.1 Å². The third kappa shape index (κ3) is 5.45. The maximum absolute atomic E-state index is 13.5. The number of carbonyl (C=O) groups is 1. The normalized spacial score (nSPS) is 11.5. The second kappa shape index (κ2) is 9.84. The maximum atomic E-state index is 13.5. The number of nitrogens with zero attached hydrogens (tertiary/aromatic N) is 2. The maximum Gasteiger partial charge on any atom is 0.535 e. The van der Waals surface area contributed by atoms with Gasteiger partial charge in [0.15, 0.2) is 0 Å². The second-order valence-corrected chi connectivity index (χ2v) is 7.07. The van der Waals surface area contributed by atoms with Gasteiger partial charge in [0.05, 0.1) is 17.8 Å². The van der Waals surface area contributed by atoms with E-state index in [9.17, 15) is 18.4 Å². The Labute approximate surface area is 183 Å². The fraction of sp³-hybridized carbons (Fsp3) is 0.318. The molecule has 0 spiro atoms.